The Morgan fingerprint density at radius 2 is 2.12 bits per heavy atom. The zero-order valence-corrected chi connectivity index (χ0v) is 9.66. The van der Waals surface area contributed by atoms with Gasteiger partial charge < -0.3 is 30.3 Å². The molecule has 0 aromatic heterocycles. The van der Waals surface area contributed by atoms with Crippen LogP contribution in [-0.2, 0) is 9.53 Å². The summed E-state index contributed by atoms with van der Waals surface area (Å²) in [4.78, 5) is 11.4. The smallest absolute Gasteiger partial charge is 0.264 e. The number of hydrogen-bond donors (Lipinski definition) is 5. The molecule has 1 heterocycles. The molecule has 8 heteroatoms. The van der Waals surface area contributed by atoms with Crippen molar-refractivity contribution in [2.75, 3.05) is 6.61 Å². The first-order valence-electron chi connectivity index (χ1n) is 5.04. The third-order valence-corrected chi connectivity index (χ3v) is 3.31. The number of carbonyl (C=O) groups excluding carboxylic acids is 1. The maximum atomic E-state index is 11.4. The predicted octanol–water partition coefficient (Wildman–Crippen LogP) is -2.54. The van der Waals surface area contributed by atoms with Crippen LogP contribution in [0.2, 0.25) is 0 Å². The zero-order valence-electron chi connectivity index (χ0n) is 9.08. The Hall–Kier alpha value is -0.0900. The lowest BCUT2D eigenvalue weighted by atomic mass is 9.83. The first kappa shape index (κ1) is 12.4. The first-order chi connectivity index (χ1) is 7.72. The van der Waals surface area contributed by atoms with E-state index in [1.165, 1.54) is 0 Å². The third-order valence-electron chi connectivity index (χ3n) is 2.52. The number of Topliss-reactive ketones (excluding diaryl/α,β-unsaturated/α-hetero) is 1. The molecule has 0 amide bonds. The summed E-state index contributed by atoms with van der Waals surface area (Å²) in [5.41, 5.74) is -2.89. The summed E-state index contributed by atoms with van der Waals surface area (Å²) in [5, 5.41) is 47.7. The molecule has 0 radical (unpaired) electrons. The van der Waals surface area contributed by atoms with Crippen LogP contribution in [0.15, 0.2) is 0 Å². The van der Waals surface area contributed by atoms with Gasteiger partial charge in [-0.1, -0.05) is 0 Å². The van der Waals surface area contributed by atoms with Gasteiger partial charge in [-0.3, -0.25) is 4.79 Å². The van der Waals surface area contributed by atoms with Crippen molar-refractivity contribution in [1.82, 2.24) is 0 Å². The lowest BCUT2D eigenvalue weighted by molar-refractivity contribution is -0.330. The number of aliphatic hydroxyl groups is 5. The SMILES string of the molecule is [2H]CC(=O)[C@@]1(O)[C@@H](O)[C@H](O)[C@@H](CO)OC1(O)Br. The number of ether oxygens (including phenoxy) is 1. The van der Waals surface area contributed by atoms with Gasteiger partial charge in [-0.15, -0.1) is 0 Å². The van der Waals surface area contributed by atoms with Crippen molar-refractivity contribution in [3.8, 4) is 0 Å². The van der Waals surface area contributed by atoms with Crippen LogP contribution in [0.5, 0.6) is 0 Å². The van der Waals surface area contributed by atoms with Crippen molar-refractivity contribution in [2.45, 2.75) is 35.5 Å². The molecule has 0 saturated carbocycles. The Balaban J connectivity index is 3.16. The van der Waals surface area contributed by atoms with Crippen molar-refractivity contribution >= 4 is 21.7 Å². The molecule has 1 unspecified atom stereocenters. The average Bonchev–Trinajstić information content (AvgIpc) is 2.30. The van der Waals surface area contributed by atoms with Gasteiger partial charge in [-0.2, -0.15) is 0 Å². The third kappa shape index (κ3) is 1.80. The number of alkyl halides is 1. The standard InChI is InChI=1S/C8H13BrO7/c1-3(11)7(14)6(13)5(12)4(2-10)16-8(7,9)15/h4-6,10,12-15H,2H2,1H3/t4-,5-,6+,7-,8?/m1/s1/i1D. The summed E-state index contributed by atoms with van der Waals surface area (Å²) >= 11 is 2.50. The summed E-state index contributed by atoms with van der Waals surface area (Å²) in [7, 11) is 0. The maximum absolute atomic E-state index is 11.4. The van der Waals surface area contributed by atoms with Gasteiger partial charge in [0, 0.05) is 1.37 Å². The van der Waals surface area contributed by atoms with Crippen LogP contribution in [0.25, 0.3) is 0 Å². The van der Waals surface area contributed by atoms with Crippen LogP contribution in [-0.4, -0.2) is 66.5 Å². The van der Waals surface area contributed by atoms with Gasteiger partial charge >= 0.3 is 0 Å². The van der Waals surface area contributed by atoms with E-state index in [2.05, 4.69) is 15.9 Å². The summed E-state index contributed by atoms with van der Waals surface area (Å²) in [6.07, 6.45) is -5.26. The zero-order chi connectivity index (χ0) is 13.4. The molecule has 0 bridgehead atoms. The van der Waals surface area contributed by atoms with Crippen LogP contribution in [0, 0.1) is 0 Å². The molecule has 5 N–H and O–H groups in total. The second-order valence-corrected chi connectivity index (χ2v) is 4.60. The van der Waals surface area contributed by atoms with Crippen LogP contribution >= 0.6 is 15.9 Å². The van der Waals surface area contributed by atoms with E-state index < -0.39 is 47.9 Å². The molecule has 94 valence electrons. The maximum Gasteiger partial charge on any atom is 0.264 e. The fourth-order valence-corrected chi connectivity index (χ4v) is 2.17. The molecule has 0 aromatic rings. The predicted molar refractivity (Wildman–Crippen MR) is 53.5 cm³/mol. The van der Waals surface area contributed by atoms with Crippen LogP contribution in [0.4, 0.5) is 0 Å². The molecular weight excluding hydrogens is 288 g/mol. The van der Waals surface area contributed by atoms with Gasteiger partial charge in [0.1, 0.15) is 18.3 Å². The van der Waals surface area contributed by atoms with E-state index in [-0.39, 0.29) is 0 Å². The number of hydrogen-bond acceptors (Lipinski definition) is 7. The van der Waals surface area contributed by atoms with E-state index in [4.69, 9.17) is 11.2 Å². The molecule has 1 rings (SSSR count). The highest BCUT2D eigenvalue weighted by Gasteiger charge is 2.65. The van der Waals surface area contributed by atoms with Gasteiger partial charge in [0.05, 0.1) is 6.61 Å². The van der Waals surface area contributed by atoms with Gasteiger partial charge in [0.2, 0.25) is 5.60 Å². The van der Waals surface area contributed by atoms with Crippen LogP contribution in [0.3, 0.4) is 0 Å². The molecule has 0 aromatic carbocycles. The molecule has 5 atom stereocenters. The summed E-state index contributed by atoms with van der Waals surface area (Å²) in [5.74, 6) is -1.24. The fraction of sp³-hybridized carbons (Fsp3) is 0.875. The highest BCUT2D eigenvalue weighted by atomic mass is 79.9. The van der Waals surface area contributed by atoms with Gasteiger partial charge in [-0.25, -0.2) is 0 Å². The Labute approximate surface area is 101 Å². The summed E-state index contributed by atoms with van der Waals surface area (Å²) < 4.78 is 8.87. The average molecular weight is 302 g/mol. The number of rotatable bonds is 2. The molecule has 0 spiro atoms. The van der Waals surface area contributed by atoms with E-state index in [1.807, 2.05) is 0 Å². The molecule has 16 heavy (non-hydrogen) atoms. The quantitative estimate of drug-likeness (QED) is 0.356. The second-order valence-electron chi connectivity index (χ2n) is 3.53. The van der Waals surface area contributed by atoms with Gasteiger partial charge in [0.25, 0.3) is 4.70 Å². The van der Waals surface area contributed by atoms with Crippen molar-refractivity contribution in [3.05, 3.63) is 0 Å². The van der Waals surface area contributed by atoms with Gasteiger partial charge in [0.15, 0.2) is 5.78 Å². The monoisotopic (exact) mass is 301 g/mol. The van der Waals surface area contributed by atoms with Crippen LogP contribution < -0.4 is 0 Å². The van der Waals surface area contributed by atoms with E-state index in [0.29, 0.717) is 0 Å². The Bertz CT molecular complexity index is 312. The molecule has 0 aliphatic carbocycles. The Kier molecular flexibility index (Phi) is 3.32. The van der Waals surface area contributed by atoms with Crippen molar-refractivity contribution < 1.29 is 36.4 Å². The molecule has 1 aliphatic heterocycles. The molecule has 1 fully saturated rings. The minimum absolute atomic E-state index is 0.739. The van der Waals surface area contributed by atoms with E-state index >= 15 is 0 Å². The van der Waals surface area contributed by atoms with E-state index in [0.717, 1.165) is 0 Å². The van der Waals surface area contributed by atoms with Gasteiger partial charge in [-0.05, 0) is 22.8 Å². The highest BCUT2D eigenvalue weighted by molar-refractivity contribution is 9.10. The molecular formula is C8H13BrO7. The Morgan fingerprint density at radius 3 is 2.56 bits per heavy atom. The number of aliphatic hydroxyl groups excluding tert-OH is 3. The molecule has 7 nitrogen and oxygen atoms in total. The fourth-order valence-electron chi connectivity index (χ4n) is 1.48. The number of halogens is 1. The lowest BCUT2D eigenvalue weighted by Gasteiger charge is -2.48. The highest BCUT2D eigenvalue weighted by Crippen LogP contribution is 2.41. The normalized spacial score (nSPS) is 49.9. The summed E-state index contributed by atoms with van der Waals surface area (Å²) in [6, 6.07) is 0. The minimum atomic E-state index is -2.89. The second kappa shape index (κ2) is 4.30. The van der Waals surface area contributed by atoms with E-state index in [9.17, 15) is 25.2 Å². The summed E-state index contributed by atoms with van der Waals surface area (Å²) in [6.45, 7) is -1.67. The first-order valence-corrected chi connectivity index (χ1v) is 5.12. The van der Waals surface area contributed by atoms with E-state index in [1.54, 1.807) is 0 Å². The Morgan fingerprint density at radius 1 is 1.56 bits per heavy atom. The largest absolute Gasteiger partial charge is 0.394 e. The van der Waals surface area contributed by atoms with Crippen LogP contribution in [0.1, 0.15) is 8.27 Å². The minimum Gasteiger partial charge on any atom is -0.394 e. The number of ketones is 1. The lowest BCUT2D eigenvalue weighted by Crippen LogP contribution is -2.73. The van der Waals surface area contributed by atoms with Crippen molar-refractivity contribution in [2.24, 2.45) is 0 Å². The number of carbonyl (C=O) groups is 1. The van der Waals surface area contributed by atoms with Crippen molar-refractivity contribution in [1.29, 1.82) is 0 Å². The molecule has 1 saturated heterocycles. The topological polar surface area (TPSA) is 127 Å². The van der Waals surface area contributed by atoms with Crippen molar-refractivity contribution in [3.63, 3.8) is 0 Å². The molecule has 1 aliphatic rings.